The van der Waals surface area contributed by atoms with Gasteiger partial charge in [0.2, 0.25) is 0 Å². The summed E-state index contributed by atoms with van der Waals surface area (Å²) in [5, 5.41) is 0. The van der Waals surface area contributed by atoms with Gasteiger partial charge in [-0.15, -0.1) is 11.8 Å². The Bertz CT molecular complexity index is 390. The Morgan fingerprint density at radius 2 is 2.36 bits per heavy atom. The molecule has 0 N–H and O–H groups in total. The molecule has 2 rings (SSSR count). The quantitative estimate of drug-likeness (QED) is 0.581. The molecule has 74 valence electrons. The fourth-order valence-corrected chi connectivity index (χ4v) is 2.96. The van der Waals surface area contributed by atoms with E-state index in [9.17, 15) is 4.79 Å². The summed E-state index contributed by atoms with van der Waals surface area (Å²) < 4.78 is 5.93. The van der Waals surface area contributed by atoms with Gasteiger partial charge in [-0.1, -0.05) is 0 Å². The smallest absolute Gasteiger partial charge is 0.308 e. The normalized spacial score (nSPS) is 13.9. The molecule has 1 aromatic rings. The number of hydrogen-bond acceptors (Lipinski definition) is 3. The van der Waals surface area contributed by atoms with Gasteiger partial charge in [-0.05, 0) is 40.0 Å². The van der Waals surface area contributed by atoms with Gasteiger partial charge in [0.15, 0.2) is 0 Å². The Balaban J connectivity index is 2.37. The van der Waals surface area contributed by atoms with Gasteiger partial charge in [0.1, 0.15) is 5.75 Å². The lowest BCUT2D eigenvalue weighted by Crippen LogP contribution is -2.02. The monoisotopic (exact) mass is 272 g/mol. The summed E-state index contributed by atoms with van der Waals surface area (Å²) in [7, 11) is 0. The number of carbonyl (C=O) groups is 1. The minimum Gasteiger partial charge on any atom is -0.425 e. The van der Waals surface area contributed by atoms with Crippen LogP contribution in [0.15, 0.2) is 21.5 Å². The first kappa shape index (κ1) is 10.1. The molecule has 1 aromatic carbocycles. The third kappa shape index (κ3) is 1.96. The largest absolute Gasteiger partial charge is 0.425 e. The molecule has 0 spiro atoms. The number of halogens is 1. The second-order valence-electron chi connectivity index (χ2n) is 3.08. The van der Waals surface area contributed by atoms with Crippen molar-refractivity contribution in [1.29, 1.82) is 0 Å². The first-order valence-corrected chi connectivity index (χ1v) is 6.08. The van der Waals surface area contributed by atoms with E-state index in [1.54, 1.807) is 11.8 Å². The Morgan fingerprint density at radius 3 is 3.07 bits per heavy atom. The van der Waals surface area contributed by atoms with Gasteiger partial charge < -0.3 is 4.74 Å². The van der Waals surface area contributed by atoms with Crippen molar-refractivity contribution < 1.29 is 9.53 Å². The van der Waals surface area contributed by atoms with Gasteiger partial charge in [0.05, 0.1) is 4.47 Å². The van der Waals surface area contributed by atoms with E-state index in [2.05, 4.69) is 15.9 Å². The minimum atomic E-state index is -0.284. The van der Waals surface area contributed by atoms with Gasteiger partial charge >= 0.3 is 5.97 Å². The minimum absolute atomic E-state index is 0.284. The highest BCUT2D eigenvalue weighted by Crippen LogP contribution is 2.38. The number of rotatable bonds is 1. The lowest BCUT2D eigenvalue weighted by atomic mass is 10.2. The molecular weight excluding hydrogens is 264 g/mol. The molecule has 0 saturated carbocycles. The zero-order chi connectivity index (χ0) is 10.1. The highest BCUT2D eigenvalue weighted by molar-refractivity contribution is 9.10. The van der Waals surface area contributed by atoms with E-state index in [0.29, 0.717) is 5.75 Å². The molecule has 0 fully saturated rings. The molecule has 0 bridgehead atoms. The Kier molecular flexibility index (Phi) is 2.83. The molecule has 4 heteroatoms. The van der Waals surface area contributed by atoms with Crippen LogP contribution < -0.4 is 4.74 Å². The second kappa shape index (κ2) is 3.95. The van der Waals surface area contributed by atoms with E-state index < -0.39 is 0 Å². The van der Waals surface area contributed by atoms with Crippen molar-refractivity contribution in [3.05, 3.63) is 22.2 Å². The predicted molar refractivity (Wildman–Crippen MR) is 59.9 cm³/mol. The number of carbonyl (C=O) groups excluding carboxylic acids is 1. The molecule has 2 nitrogen and oxygen atoms in total. The van der Waals surface area contributed by atoms with Crippen molar-refractivity contribution >= 4 is 33.7 Å². The number of benzene rings is 1. The van der Waals surface area contributed by atoms with Crippen LogP contribution in [-0.2, 0) is 11.2 Å². The average Bonchev–Trinajstić information content (AvgIpc) is 2.51. The molecule has 0 amide bonds. The van der Waals surface area contributed by atoms with Crippen molar-refractivity contribution in [2.45, 2.75) is 18.2 Å². The highest BCUT2D eigenvalue weighted by atomic mass is 79.9. The van der Waals surface area contributed by atoms with Crippen LogP contribution in [0.1, 0.15) is 12.5 Å². The number of fused-ring (bicyclic) bond motifs is 1. The van der Waals surface area contributed by atoms with Crippen LogP contribution in [0.3, 0.4) is 0 Å². The van der Waals surface area contributed by atoms with Crippen molar-refractivity contribution in [1.82, 2.24) is 0 Å². The van der Waals surface area contributed by atoms with E-state index in [1.165, 1.54) is 17.4 Å². The Hall–Kier alpha value is -0.480. The van der Waals surface area contributed by atoms with Gasteiger partial charge in [-0.25, -0.2) is 0 Å². The molecule has 0 saturated heterocycles. The number of hydrogen-bond donors (Lipinski definition) is 0. The molecule has 0 radical (unpaired) electrons. The zero-order valence-electron chi connectivity index (χ0n) is 7.67. The van der Waals surface area contributed by atoms with Gasteiger partial charge in [-0.3, -0.25) is 4.79 Å². The van der Waals surface area contributed by atoms with Crippen LogP contribution in [-0.4, -0.2) is 11.7 Å². The van der Waals surface area contributed by atoms with Crippen LogP contribution in [0.25, 0.3) is 0 Å². The van der Waals surface area contributed by atoms with E-state index >= 15 is 0 Å². The summed E-state index contributed by atoms with van der Waals surface area (Å²) in [5.41, 5.74) is 1.33. The molecule has 0 unspecified atom stereocenters. The van der Waals surface area contributed by atoms with Crippen molar-refractivity contribution in [2.24, 2.45) is 0 Å². The van der Waals surface area contributed by atoms with Gasteiger partial charge in [0.25, 0.3) is 0 Å². The summed E-state index contributed by atoms with van der Waals surface area (Å²) in [6.07, 6.45) is 1.10. The molecule has 1 heterocycles. The van der Waals surface area contributed by atoms with E-state index in [0.717, 1.165) is 16.6 Å². The standard InChI is InChI=1S/C10H9BrO2S/c1-6(12)13-9-5-10-7(2-3-14-10)4-8(9)11/h4-5H,2-3H2,1H3. The number of thioether (sulfide) groups is 1. The molecule has 0 aromatic heterocycles. The van der Waals surface area contributed by atoms with Crippen molar-refractivity contribution in [2.75, 3.05) is 5.75 Å². The van der Waals surface area contributed by atoms with E-state index in [1.807, 2.05) is 12.1 Å². The van der Waals surface area contributed by atoms with Crippen LogP contribution in [0.4, 0.5) is 0 Å². The lowest BCUT2D eigenvalue weighted by Gasteiger charge is -2.06. The Labute approximate surface area is 95.2 Å². The molecule has 0 aliphatic carbocycles. The maximum absolute atomic E-state index is 10.8. The van der Waals surface area contributed by atoms with Crippen LogP contribution in [0.2, 0.25) is 0 Å². The summed E-state index contributed by atoms with van der Waals surface area (Å²) in [5.74, 6) is 1.45. The fourth-order valence-electron chi connectivity index (χ4n) is 1.41. The molecule has 1 aliphatic heterocycles. The average molecular weight is 273 g/mol. The second-order valence-corrected chi connectivity index (χ2v) is 5.07. The molecular formula is C10H9BrO2S. The highest BCUT2D eigenvalue weighted by Gasteiger charge is 2.15. The van der Waals surface area contributed by atoms with Crippen molar-refractivity contribution in [3.8, 4) is 5.75 Å². The zero-order valence-corrected chi connectivity index (χ0v) is 10.1. The number of esters is 1. The molecule has 1 aliphatic rings. The summed E-state index contributed by atoms with van der Waals surface area (Å²) in [6, 6.07) is 3.96. The summed E-state index contributed by atoms with van der Waals surface area (Å²) >= 11 is 5.20. The van der Waals surface area contributed by atoms with Gasteiger partial charge in [-0.2, -0.15) is 0 Å². The summed E-state index contributed by atoms with van der Waals surface area (Å²) in [4.78, 5) is 12.0. The lowest BCUT2D eigenvalue weighted by molar-refractivity contribution is -0.131. The topological polar surface area (TPSA) is 26.3 Å². The van der Waals surface area contributed by atoms with Crippen molar-refractivity contribution in [3.63, 3.8) is 0 Å². The SMILES string of the molecule is CC(=O)Oc1cc2c(cc1Br)CCS2. The third-order valence-electron chi connectivity index (χ3n) is 2.00. The molecule has 14 heavy (non-hydrogen) atoms. The van der Waals surface area contributed by atoms with Crippen LogP contribution in [0.5, 0.6) is 5.75 Å². The third-order valence-corrected chi connectivity index (χ3v) is 3.72. The van der Waals surface area contributed by atoms with E-state index in [4.69, 9.17) is 4.74 Å². The fraction of sp³-hybridized carbons (Fsp3) is 0.300. The summed E-state index contributed by atoms with van der Waals surface area (Å²) in [6.45, 7) is 1.41. The van der Waals surface area contributed by atoms with Gasteiger partial charge in [0, 0.05) is 17.6 Å². The maximum atomic E-state index is 10.8. The number of aryl methyl sites for hydroxylation is 1. The Morgan fingerprint density at radius 1 is 1.57 bits per heavy atom. The first-order valence-electron chi connectivity index (χ1n) is 4.30. The first-order chi connectivity index (χ1) is 6.66. The number of ether oxygens (including phenoxy) is 1. The van der Waals surface area contributed by atoms with Crippen LogP contribution in [0, 0.1) is 0 Å². The van der Waals surface area contributed by atoms with E-state index in [-0.39, 0.29) is 5.97 Å². The van der Waals surface area contributed by atoms with Crippen LogP contribution >= 0.6 is 27.7 Å². The predicted octanol–water partition coefficient (Wildman–Crippen LogP) is 3.02. The maximum Gasteiger partial charge on any atom is 0.308 e. The molecule has 0 atom stereocenters.